The Morgan fingerprint density at radius 3 is 2.43 bits per heavy atom. The van der Waals surface area contributed by atoms with Crippen LogP contribution in [0.15, 0.2) is 54.7 Å². The van der Waals surface area contributed by atoms with Crippen molar-refractivity contribution in [2.75, 3.05) is 38.0 Å². The first-order valence-electron chi connectivity index (χ1n) is 8.04. The number of thiocarbonyl (C=S) groups is 1. The molecule has 1 saturated heterocycles. The third kappa shape index (κ3) is 4.74. The van der Waals surface area contributed by atoms with E-state index >= 15 is 0 Å². The number of piperazine rings is 1. The molecular weight excluding hydrogens is 304 g/mol. The molecular formula is C18H22N4S. The van der Waals surface area contributed by atoms with Gasteiger partial charge in [0.25, 0.3) is 0 Å². The minimum atomic E-state index is 0.820. The van der Waals surface area contributed by atoms with E-state index in [1.807, 2.05) is 48.7 Å². The number of anilines is 1. The van der Waals surface area contributed by atoms with Crippen LogP contribution in [0.25, 0.3) is 0 Å². The van der Waals surface area contributed by atoms with Gasteiger partial charge in [-0.2, -0.15) is 0 Å². The van der Waals surface area contributed by atoms with E-state index in [-0.39, 0.29) is 0 Å². The van der Waals surface area contributed by atoms with Crippen LogP contribution in [0.1, 0.15) is 5.69 Å². The number of benzene rings is 1. The van der Waals surface area contributed by atoms with Gasteiger partial charge in [0.1, 0.15) is 0 Å². The molecule has 120 valence electrons. The van der Waals surface area contributed by atoms with Crippen molar-refractivity contribution in [1.29, 1.82) is 0 Å². The molecule has 0 atom stereocenters. The number of aromatic nitrogens is 1. The van der Waals surface area contributed by atoms with E-state index in [9.17, 15) is 0 Å². The van der Waals surface area contributed by atoms with Gasteiger partial charge in [-0.1, -0.05) is 24.3 Å². The Morgan fingerprint density at radius 1 is 1.00 bits per heavy atom. The Balaban J connectivity index is 1.42. The van der Waals surface area contributed by atoms with Gasteiger partial charge in [0.05, 0.1) is 0 Å². The van der Waals surface area contributed by atoms with Crippen molar-refractivity contribution in [2.24, 2.45) is 0 Å². The monoisotopic (exact) mass is 326 g/mol. The fourth-order valence-electron chi connectivity index (χ4n) is 2.72. The van der Waals surface area contributed by atoms with Gasteiger partial charge in [-0.25, -0.2) is 0 Å². The summed E-state index contributed by atoms with van der Waals surface area (Å²) in [5.74, 6) is 0. The highest BCUT2D eigenvalue weighted by molar-refractivity contribution is 7.80. The van der Waals surface area contributed by atoms with Gasteiger partial charge in [-0.15, -0.1) is 0 Å². The second-order valence-corrected chi connectivity index (χ2v) is 6.08. The third-order valence-corrected chi connectivity index (χ3v) is 4.46. The zero-order valence-corrected chi connectivity index (χ0v) is 14.0. The number of nitrogens with one attached hydrogen (secondary N) is 1. The van der Waals surface area contributed by atoms with Gasteiger partial charge in [0, 0.05) is 56.7 Å². The van der Waals surface area contributed by atoms with E-state index in [1.54, 1.807) is 0 Å². The number of pyridine rings is 1. The smallest absolute Gasteiger partial charge is 0.173 e. The van der Waals surface area contributed by atoms with E-state index in [4.69, 9.17) is 12.2 Å². The van der Waals surface area contributed by atoms with Crippen molar-refractivity contribution in [3.05, 3.63) is 60.4 Å². The maximum Gasteiger partial charge on any atom is 0.173 e. The third-order valence-electron chi connectivity index (χ3n) is 4.09. The molecule has 0 spiro atoms. The van der Waals surface area contributed by atoms with Crippen molar-refractivity contribution in [2.45, 2.75) is 6.42 Å². The van der Waals surface area contributed by atoms with Crippen LogP contribution in [0.5, 0.6) is 0 Å². The normalized spacial score (nSPS) is 15.4. The number of para-hydroxylation sites is 1. The van der Waals surface area contributed by atoms with Gasteiger partial charge in [-0.3, -0.25) is 9.88 Å². The van der Waals surface area contributed by atoms with Crippen LogP contribution in [0.3, 0.4) is 0 Å². The predicted octanol–water partition coefficient (Wildman–Crippen LogP) is 2.64. The second kappa shape index (κ2) is 8.04. The van der Waals surface area contributed by atoms with Crippen molar-refractivity contribution < 1.29 is 0 Å². The summed E-state index contributed by atoms with van der Waals surface area (Å²) in [6, 6.07) is 16.2. The lowest BCUT2D eigenvalue weighted by Crippen LogP contribution is -2.50. The summed E-state index contributed by atoms with van der Waals surface area (Å²) in [5.41, 5.74) is 2.21. The van der Waals surface area contributed by atoms with Crippen LogP contribution in [-0.2, 0) is 6.42 Å². The van der Waals surface area contributed by atoms with E-state index < -0.39 is 0 Å². The van der Waals surface area contributed by atoms with Gasteiger partial charge in [-0.05, 0) is 36.5 Å². The number of hydrogen-bond donors (Lipinski definition) is 1. The van der Waals surface area contributed by atoms with Gasteiger partial charge >= 0.3 is 0 Å². The van der Waals surface area contributed by atoms with Crippen LogP contribution < -0.4 is 5.32 Å². The van der Waals surface area contributed by atoms with Gasteiger partial charge in [0.2, 0.25) is 0 Å². The first kappa shape index (κ1) is 15.9. The molecule has 0 aliphatic carbocycles. The molecule has 5 heteroatoms. The Labute approximate surface area is 143 Å². The molecule has 3 rings (SSSR count). The largest absolute Gasteiger partial charge is 0.346 e. The highest BCUT2D eigenvalue weighted by Gasteiger charge is 2.18. The van der Waals surface area contributed by atoms with Crippen molar-refractivity contribution in [1.82, 2.24) is 14.8 Å². The van der Waals surface area contributed by atoms with Crippen molar-refractivity contribution >= 4 is 23.0 Å². The Kier molecular flexibility index (Phi) is 5.56. The molecule has 2 aromatic rings. The minimum Gasteiger partial charge on any atom is -0.346 e. The fourth-order valence-corrected chi connectivity index (χ4v) is 3.02. The molecule has 0 unspecified atom stereocenters. The van der Waals surface area contributed by atoms with Crippen molar-refractivity contribution in [3.63, 3.8) is 0 Å². The summed E-state index contributed by atoms with van der Waals surface area (Å²) in [6.07, 6.45) is 2.87. The molecule has 2 heterocycles. The van der Waals surface area contributed by atoms with Crippen LogP contribution in [0.4, 0.5) is 5.69 Å². The lowest BCUT2D eigenvalue weighted by Gasteiger charge is -2.36. The van der Waals surface area contributed by atoms with Gasteiger partial charge < -0.3 is 10.2 Å². The summed E-state index contributed by atoms with van der Waals surface area (Å²) < 4.78 is 0. The van der Waals surface area contributed by atoms with E-state index in [0.29, 0.717) is 0 Å². The van der Waals surface area contributed by atoms with E-state index in [2.05, 4.69) is 26.2 Å². The van der Waals surface area contributed by atoms with Gasteiger partial charge in [0.15, 0.2) is 5.11 Å². The molecule has 1 N–H and O–H groups in total. The van der Waals surface area contributed by atoms with Crippen molar-refractivity contribution in [3.8, 4) is 0 Å². The Bertz CT molecular complexity index is 609. The number of nitrogens with zero attached hydrogens (tertiary/aromatic N) is 3. The second-order valence-electron chi connectivity index (χ2n) is 5.70. The van der Waals surface area contributed by atoms with Crippen LogP contribution in [-0.4, -0.2) is 52.6 Å². The molecule has 23 heavy (non-hydrogen) atoms. The quantitative estimate of drug-likeness (QED) is 0.873. The molecule has 1 fully saturated rings. The number of hydrogen-bond acceptors (Lipinski definition) is 3. The summed E-state index contributed by atoms with van der Waals surface area (Å²) in [4.78, 5) is 9.12. The van der Waals surface area contributed by atoms with Crippen LogP contribution in [0, 0.1) is 0 Å². The molecule has 0 amide bonds. The molecule has 1 aliphatic heterocycles. The van der Waals surface area contributed by atoms with Crippen LogP contribution >= 0.6 is 12.2 Å². The molecule has 0 radical (unpaired) electrons. The standard InChI is InChI=1S/C18H22N4S/c23-18(20-17-7-2-1-3-8-17)22-14-12-21(13-15-22)11-9-16-6-4-5-10-19-16/h1-8,10H,9,11-15H2,(H,20,23). The number of rotatable bonds is 4. The summed E-state index contributed by atoms with van der Waals surface area (Å²) in [7, 11) is 0. The van der Waals surface area contributed by atoms with E-state index in [1.165, 1.54) is 0 Å². The molecule has 1 aromatic heterocycles. The average Bonchev–Trinajstić information content (AvgIpc) is 2.62. The zero-order valence-electron chi connectivity index (χ0n) is 13.2. The average molecular weight is 326 g/mol. The van der Waals surface area contributed by atoms with Crippen LogP contribution in [0.2, 0.25) is 0 Å². The Morgan fingerprint density at radius 2 is 1.74 bits per heavy atom. The van der Waals surface area contributed by atoms with E-state index in [0.717, 1.165) is 55.6 Å². The molecule has 0 saturated carbocycles. The summed E-state index contributed by atoms with van der Waals surface area (Å²) in [5, 5.41) is 4.13. The predicted molar refractivity (Wildman–Crippen MR) is 98.6 cm³/mol. The zero-order chi connectivity index (χ0) is 15.9. The summed E-state index contributed by atoms with van der Waals surface area (Å²) in [6.45, 7) is 5.10. The highest BCUT2D eigenvalue weighted by atomic mass is 32.1. The minimum absolute atomic E-state index is 0.820. The lowest BCUT2D eigenvalue weighted by molar-refractivity contribution is 0.185. The highest BCUT2D eigenvalue weighted by Crippen LogP contribution is 2.09. The topological polar surface area (TPSA) is 31.4 Å². The summed E-state index contributed by atoms with van der Waals surface area (Å²) >= 11 is 5.52. The SMILES string of the molecule is S=C(Nc1ccccc1)N1CCN(CCc2ccccn2)CC1. The molecule has 1 aliphatic rings. The maximum atomic E-state index is 5.52. The maximum absolute atomic E-state index is 5.52. The molecule has 0 bridgehead atoms. The molecule has 4 nitrogen and oxygen atoms in total. The lowest BCUT2D eigenvalue weighted by atomic mass is 10.2. The first-order valence-corrected chi connectivity index (χ1v) is 8.45. The first-order chi connectivity index (χ1) is 11.3. The Hall–Kier alpha value is -1.98. The fraction of sp³-hybridized carbons (Fsp3) is 0.333. The molecule has 1 aromatic carbocycles.